The lowest BCUT2D eigenvalue weighted by Gasteiger charge is -2.38. The van der Waals surface area contributed by atoms with E-state index in [0.29, 0.717) is 6.42 Å². The highest BCUT2D eigenvalue weighted by Crippen LogP contribution is 2.13. The summed E-state index contributed by atoms with van der Waals surface area (Å²) >= 11 is 0. The van der Waals surface area contributed by atoms with Crippen molar-refractivity contribution in [1.29, 1.82) is 0 Å². The van der Waals surface area contributed by atoms with Gasteiger partial charge in [-0.2, -0.15) is 0 Å². The fraction of sp³-hybridized carbons (Fsp3) is 1.00. The predicted molar refractivity (Wildman–Crippen MR) is 169 cm³/mol. The summed E-state index contributed by atoms with van der Waals surface area (Å²) in [6.45, 7) is 3.51. The number of hydrogen-bond acceptors (Lipinski definition) is 18. The van der Waals surface area contributed by atoms with Crippen molar-refractivity contribution in [2.24, 2.45) is 103 Å². The van der Waals surface area contributed by atoms with E-state index in [4.69, 9.17) is 103 Å². The minimum Gasteiger partial charge on any atom is -0.327 e. The largest absolute Gasteiger partial charge is 0.327 e. The molecule has 0 radical (unpaired) electrons. The van der Waals surface area contributed by atoms with Crippen LogP contribution in [0, 0.1) is 0 Å². The molecule has 0 aromatic heterocycles. The van der Waals surface area contributed by atoms with Gasteiger partial charge in [0.1, 0.15) is 0 Å². The van der Waals surface area contributed by atoms with Crippen LogP contribution in [0.3, 0.4) is 0 Å². The normalized spacial score (nSPS) is 26.0. The average Bonchev–Trinajstić information content (AvgIpc) is 2.92. The lowest BCUT2D eigenvalue weighted by Crippen LogP contribution is -2.70. The van der Waals surface area contributed by atoms with Gasteiger partial charge in [0.05, 0.1) is 0 Å². The van der Waals surface area contributed by atoms with Crippen LogP contribution < -0.4 is 103 Å². The molecule has 0 spiro atoms. The standard InChI is InChI=1S/C23H66N18/c1-6(24)8(26)3-11(29)15(33)20(38)23(41)21(39)17(35)13(31)5-10(28)9(27)4-12(30)16(34)19(37)22(40)18(36)14(32)7(2)25/h6-23H,3-5,24-41H2,1-2H3. The fourth-order valence-corrected chi connectivity index (χ4v) is 4.72. The third-order valence-electron chi connectivity index (χ3n) is 8.50. The molecule has 0 rings (SSSR count). The molecule has 0 heterocycles. The van der Waals surface area contributed by atoms with Crippen molar-refractivity contribution in [3.8, 4) is 0 Å². The monoisotopic (exact) mass is 595 g/mol. The Balaban J connectivity index is 5.05. The highest BCUT2D eigenvalue weighted by molar-refractivity contribution is 5.04. The first-order valence-corrected chi connectivity index (χ1v) is 14.3. The van der Waals surface area contributed by atoms with Gasteiger partial charge in [-0.05, 0) is 33.1 Å². The molecule has 18 atom stereocenters. The maximum Gasteiger partial charge on any atom is 0.0378 e. The van der Waals surface area contributed by atoms with Crippen molar-refractivity contribution in [3.63, 3.8) is 0 Å². The molecule has 248 valence electrons. The summed E-state index contributed by atoms with van der Waals surface area (Å²) in [5.74, 6) is 0. The third kappa shape index (κ3) is 12.1. The van der Waals surface area contributed by atoms with Crippen LogP contribution in [0.1, 0.15) is 33.1 Å². The van der Waals surface area contributed by atoms with Crippen LogP contribution in [0.4, 0.5) is 0 Å². The second kappa shape index (κ2) is 18.2. The molecule has 0 aliphatic carbocycles. The van der Waals surface area contributed by atoms with Gasteiger partial charge in [0.25, 0.3) is 0 Å². The van der Waals surface area contributed by atoms with Crippen LogP contribution in [0.5, 0.6) is 0 Å². The zero-order valence-corrected chi connectivity index (χ0v) is 24.9. The van der Waals surface area contributed by atoms with Crippen molar-refractivity contribution >= 4 is 0 Å². The van der Waals surface area contributed by atoms with Crippen molar-refractivity contribution in [1.82, 2.24) is 0 Å². The molecule has 18 unspecified atom stereocenters. The summed E-state index contributed by atoms with van der Waals surface area (Å²) in [6.07, 6.45) is 0.809. The Bertz CT molecular complexity index is 702. The predicted octanol–water partition coefficient (Wildman–Crippen LogP) is -9.91. The molecule has 18 heteroatoms. The number of nitrogens with two attached hydrogens (primary N) is 18. The average molecular weight is 595 g/mol. The van der Waals surface area contributed by atoms with Crippen molar-refractivity contribution in [3.05, 3.63) is 0 Å². The molecule has 41 heavy (non-hydrogen) atoms. The second-order valence-corrected chi connectivity index (χ2v) is 12.2. The lowest BCUT2D eigenvalue weighted by molar-refractivity contribution is 0.283. The van der Waals surface area contributed by atoms with Crippen LogP contribution in [-0.4, -0.2) is 109 Å². The highest BCUT2D eigenvalue weighted by Gasteiger charge is 2.37. The molecular formula is C23H66N18. The maximum atomic E-state index is 6.34. The Morgan fingerprint density at radius 1 is 0.244 bits per heavy atom. The maximum absolute atomic E-state index is 6.34. The van der Waals surface area contributed by atoms with E-state index < -0.39 is 90.6 Å². The third-order valence-corrected chi connectivity index (χ3v) is 8.50. The van der Waals surface area contributed by atoms with Gasteiger partial charge in [0.15, 0.2) is 0 Å². The molecule has 0 bridgehead atoms. The summed E-state index contributed by atoms with van der Waals surface area (Å²) < 4.78 is 0. The number of hydrogen-bond donors (Lipinski definition) is 18. The first kappa shape index (κ1) is 40.3. The molecule has 0 aliphatic heterocycles. The van der Waals surface area contributed by atoms with Gasteiger partial charge < -0.3 is 103 Å². The van der Waals surface area contributed by atoms with Gasteiger partial charge in [-0.25, -0.2) is 0 Å². The van der Waals surface area contributed by atoms with Crippen LogP contribution in [0.2, 0.25) is 0 Å². The Kier molecular flexibility index (Phi) is 17.9. The van der Waals surface area contributed by atoms with E-state index in [9.17, 15) is 0 Å². The topological polar surface area (TPSA) is 468 Å². The zero-order valence-electron chi connectivity index (χ0n) is 24.9. The Hall–Kier alpha value is -0.720. The van der Waals surface area contributed by atoms with Crippen LogP contribution in [-0.2, 0) is 0 Å². The summed E-state index contributed by atoms with van der Waals surface area (Å²) in [5, 5.41) is 0. The zero-order chi connectivity index (χ0) is 32.5. The Morgan fingerprint density at radius 3 is 0.707 bits per heavy atom. The molecule has 0 saturated heterocycles. The Morgan fingerprint density at radius 2 is 0.463 bits per heavy atom. The van der Waals surface area contributed by atoms with Gasteiger partial charge in [-0.15, -0.1) is 0 Å². The molecule has 36 N–H and O–H groups in total. The molecule has 18 nitrogen and oxygen atoms in total. The van der Waals surface area contributed by atoms with E-state index in [1.54, 1.807) is 13.8 Å². The van der Waals surface area contributed by atoms with Crippen molar-refractivity contribution < 1.29 is 0 Å². The Labute approximate surface area is 245 Å². The van der Waals surface area contributed by atoms with Crippen molar-refractivity contribution in [2.75, 3.05) is 0 Å². The second-order valence-electron chi connectivity index (χ2n) is 12.2. The van der Waals surface area contributed by atoms with Crippen LogP contribution in [0.25, 0.3) is 0 Å². The lowest BCUT2D eigenvalue weighted by atomic mass is 9.82. The highest BCUT2D eigenvalue weighted by atomic mass is 15.0. The molecule has 0 aromatic rings. The molecule has 0 aliphatic rings. The quantitative estimate of drug-likeness (QED) is 0.0621. The van der Waals surface area contributed by atoms with Gasteiger partial charge in [-0.1, -0.05) is 0 Å². The molecule has 0 fully saturated rings. The van der Waals surface area contributed by atoms with E-state index in [2.05, 4.69) is 0 Å². The van der Waals surface area contributed by atoms with Crippen LogP contribution >= 0.6 is 0 Å². The van der Waals surface area contributed by atoms with E-state index in [0.717, 1.165) is 0 Å². The van der Waals surface area contributed by atoms with Crippen LogP contribution in [0.15, 0.2) is 0 Å². The fourth-order valence-electron chi connectivity index (χ4n) is 4.72. The molecular weight excluding hydrogens is 528 g/mol. The minimum atomic E-state index is -0.814. The van der Waals surface area contributed by atoms with Gasteiger partial charge in [0.2, 0.25) is 0 Å². The first-order valence-electron chi connectivity index (χ1n) is 14.3. The van der Waals surface area contributed by atoms with Crippen molar-refractivity contribution in [2.45, 2.75) is 142 Å². The molecule has 0 saturated carbocycles. The van der Waals surface area contributed by atoms with E-state index >= 15 is 0 Å². The number of rotatable bonds is 20. The van der Waals surface area contributed by atoms with Gasteiger partial charge >= 0.3 is 0 Å². The summed E-state index contributed by atoms with van der Waals surface area (Å²) in [6, 6.07) is -11.4. The smallest absolute Gasteiger partial charge is 0.0378 e. The summed E-state index contributed by atoms with van der Waals surface area (Å²) in [7, 11) is 0. The molecule has 0 amide bonds. The SMILES string of the molecule is CC(N)C(N)CC(N)C(N)C(N)C(N)C(N)C(N)C(N)CC(N)C(N)CC(N)C(N)C(N)C(N)C(N)C(N)C(C)N. The summed E-state index contributed by atoms with van der Waals surface area (Å²) in [5.41, 5.74) is 112. The van der Waals surface area contributed by atoms with Gasteiger partial charge in [-0.3, -0.25) is 0 Å². The van der Waals surface area contributed by atoms with E-state index in [-0.39, 0.29) is 31.0 Å². The summed E-state index contributed by atoms with van der Waals surface area (Å²) in [4.78, 5) is 0. The van der Waals surface area contributed by atoms with Gasteiger partial charge in [0, 0.05) is 109 Å². The van der Waals surface area contributed by atoms with E-state index in [1.165, 1.54) is 0 Å². The van der Waals surface area contributed by atoms with E-state index in [1.807, 2.05) is 0 Å². The molecule has 0 aromatic carbocycles. The first-order chi connectivity index (χ1) is 18.7. The minimum absolute atomic E-state index is 0.217.